The van der Waals surface area contributed by atoms with Crippen molar-refractivity contribution in [1.29, 1.82) is 0 Å². The second kappa shape index (κ2) is 5.23. The molecule has 1 aromatic heterocycles. The van der Waals surface area contributed by atoms with Gasteiger partial charge in [0.05, 0.1) is 6.54 Å². The third-order valence-corrected chi connectivity index (χ3v) is 2.68. The number of aromatic nitrogens is 2. The summed E-state index contributed by atoms with van der Waals surface area (Å²) in [5.41, 5.74) is 5.42. The van der Waals surface area contributed by atoms with Gasteiger partial charge < -0.3 is 10.3 Å². The first-order valence-electron chi connectivity index (χ1n) is 5.62. The van der Waals surface area contributed by atoms with Gasteiger partial charge in [-0.3, -0.25) is 4.90 Å². The molecule has 0 radical (unpaired) electrons. The summed E-state index contributed by atoms with van der Waals surface area (Å²) in [6.45, 7) is 3.68. The lowest BCUT2D eigenvalue weighted by Crippen LogP contribution is -2.29. The summed E-state index contributed by atoms with van der Waals surface area (Å²) in [5.74, 6) is 1.45. The normalized spacial score (nSPS) is 18.2. The summed E-state index contributed by atoms with van der Waals surface area (Å²) in [6, 6.07) is 0. The van der Waals surface area contributed by atoms with Gasteiger partial charge in [0.1, 0.15) is 0 Å². The Bertz CT molecular complexity index is 293. The van der Waals surface area contributed by atoms with Crippen molar-refractivity contribution in [3.05, 3.63) is 11.7 Å². The molecule has 0 saturated carbocycles. The van der Waals surface area contributed by atoms with E-state index in [2.05, 4.69) is 15.0 Å². The molecule has 1 fully saturated rings. The summed E-state index contributed by atoms with van der Waals surface area (Å²) in [5, 5.41) is 3.95. The van der Waals surface area contributed by atoms with Crippen molar-refractivity contribution in [3.8, 4) is 0 Å². The second-order valence-corrected chi connectivity index (χ2v) is 3.98. The molecular formula is C10H18N4O. The van der Waals surface area contributed by atoms with Crippen molar-refractivity contribution in [2.75, 3.05) is 19.6 Å². The van der Waals surface area contributed by atoms with Crippen LogP contribution in [0.3, 0.4) is 0 Å². The second-order valence-electron chi connectivity index (χ2n) is 3.98. The van der Waals surface area contributed by atoms with Crippen molar-refractivity contribution < 1.29 is 4.52 Å². The lowest BCUT2D eigenvalue weighted by molar-refractivity contribution is 0.213. The maximum absolute atomic E-state index is 5.42. The van der Waals surface area contributed by atoms with E-state index >= 15 is 0 Å². The summed E-state index contributed by atoms with van der Waals surface area (Å²) >= 11 is 0. The highest BCUT2D eigenvalue weighted by Gasteiger charge is 2.13. The zero-order valence-corrected chi connectivity index (χ0v) is 8.98. The first-order chi connectivity index (χ1) is 7.38. The van der Waals surface area contributed by atoms with Gasteiger partial charge in [-0.15, -0.1) is 0 Å². The van der Waals surface area contributed by atoms with E-state index < -0.39 is 0 Å². The van der Waals surface area contributed by atoms with Gasteiger partial charge in [0.15, 0.2) is 5.82 Å². The third kappa shape index (κ3) is 3.00. The average molecular weight is 210 g/mol. The number of likely N-dealkylation sites (tertiary alicyclic amines) is 1. The molecule has 1 aliphatic heterocycles. The van der Waals surface area contributed by atoms with Crippen LogP contribution in [0.15, 0.2) is 4.52 Å². The first-order valence-corrected chi connectivity index (χ1v) is 5.62. The Hall–Kier alpha value is -0.940. The van der Waals surface area contributed by atoms with E-state index in [9.17, 15) is 0 Å². The van der Waals surface area contributed by atoms with Crippen LogP contribution in [0.1, 0.15) is 31.0 Å². The summed E-state index contributed by atoms with van der Waals surface area (Å²) in [4.78, 5) is 6.67. The molecule has 15 heavy (non-hydrogen) atoms. The Morgan fingerprint density at radius 3 is 2.80 bits per heavy atom. The van der Waals surface area contributed by atoms with Crippen LogP contribution in [-0.2, 0) is 13.0 Å². The minimum Gasteiger partial charge on any atom is -0.339 e. The molecule has 0 spiro atoms. The maximum atomic E-state index is 5.42. The van der Waals surface area contributed by atoms with Gasteiger partial charge in [0.25, 0.3) is 0 Å². The Morgan fingerprint density at radius 1 is 1.27 bits per heavy atom. The van der Waals surface area contributed by atoms with Crippen LogP contribution in [0.5, 0.6) is 0 Å². The Balaban J connectivity index is 1.86. The van der Waals surface area contributed by atoms with E-state index in [-0.39, 0.29) is 0 Å². The van der Waals surface area contributed by atoms with Gasteiger partial charge in [-0.1, -0.05) is 11.6 Å². The first kappa shape index (κ1) is 10.6. The van der Waals surface area contributed by atoms with Crippen LogP contribution >= 0.6 is 0 Å². The van der Waals surface area contributed by atoms with Crippen LogP contribution < -0.4 is 5.73 Å². The zero-order valence-electron chi connectivity index (χ0n) is 8.98. The number of nitrogens with two attached hydrogens (primary N) is 1. The van der Waals surface area contributed by atoms with Crippen molar-refractivity contribution >= 4 is 0 Å². The van der Waals surface area contributed by atoms with Gasteiger partial charge in [0, 0.05) is 13.0 Å². The Labute approximate surface area is 89.6 Å². The largest absolute Gasteiger partial charge is 0.339 e. The standard InChI is InChI=1S/C10H18N4O/c11-5-4-10-12-9(13-15-10)8-14-6-2-1-3-7-14/h1-8,11H2. The van der Waals surface area contributed by atoms with Crippen LogP contribution in [-0.4, -0.2) is 34.7 Å². The number of hydrogen-bond donors (Lipinski definition) is 1. The van der Waals surface area contributed by atoms with Gasteiger partial charge in [-0.2, -0.15) is 4.98 Å². The fourth-order valence-electron chi connectivity index (χ4n) is 1.90. The molecule has 0 aliphatic carbocycles. The van der Waals surface area contributed by atoms with E-state index in [1.807, 2.05) is 0 Å². The van der Waals surface area contributed by atoms with Gasteiger partial charge in [0.2, 0.25) is 5.89 Å². The van der Waals surface area contributed by atoms with Crippen LogP contribution in [0.25, 0.3) is 0 Å². The summed E-state index contributed by atoms with van der Waals surface area (Å²) < 4.78 is 5.08. The molecule has 1 aliphatic rings. The fraction of sp³-hybridized carbons (Fsp3) is 0.800. The molecule has 2 N–H and O–H groups in total. The predicted octanol–water partition coefficient (Wildman–Crippen LogP) is 0.557. The molecule has 2 heterocycles. The van der Waals surface area contributed by atoms with Crippen molar-refractivity contribution in [2.24, 2.45) is 5.73 Å². The van der Waals surface area contributed by atoms with Gasteiger partial charge in [-0.05, 0) is 25.9 Å². The van der Waals surface area contributed by atoms with Gasteiger partial charge in [-0.25, -0.2) is 0 Å². The predicted molar refractivity (Wildman–Crippen MR) is 56.2 cm³/mol. The number of rotatable bonds is 4. The zero-order chi connectivity index (χ0) is 10.5. The topological polar surface area (TPSA) is 68.2 Å². The van der Waals surface area contributed by atoms with Crippen LogP contribution in [0.2, 0.25) is 0 Å². The van der Waals surface area contributed by atoms with E-state index in [1.54, 1.807) is 0 Å². The molecule has 1 saturated heterocycles. The van der Waals surface area contributed by atoms with Crippen LogP contribution in [0.4, 0.5) is 0 Å². The molecule has 5 heteroatoms. The highest BCUT2D eigenvalue weighted by atomic mass is 16.5. The molecular weight excluding hydrogens is 192 g/mol. The molecule has 1 aromatic rings. The van der Waals surface area contributed by atoms with Crippen LogP contribution in [0, 0.1) is 0 Å². The monoisotopic (exact) mass is 210 g/mol. The molecule has 0 amide bonds. The molecule has 0 unspecified atom stereocenters. The lowest BCUT2D eigenvalue weighted by Gasteiger charge is -2.24. The fourth-order valence-corrected chi connectivity index (χ4v) is 1.90. The van der Waals surface area contributed by atoms with Gasteiger partial charge >= 0.3 is 0 Å². The highest BCUT2D eigenvalue weighted by molar-refractivity contribution is 4.87. The van der Waals surface area contributed by atoms with E-state index in [1.165, 1.54) is 19.3 Å². The minimum absolute atomic E-state index is 0.561. The average Bonchev–Trinajstić information content (AvgIpc) is 2.68. The third-order valence-electron chi connectivity index (χ3n) is 2.68. The Morgan fingerprint density at radius 2 is 2.07 bits per heavy atom. The molecule has 0 bridgehead atoms. The van der Waals surface area contributed by atoms with Crippen molar-refractivity contribution in [3.63, 3.8) is 0 Å². The molecule has 0 atom stereocenters. The Kier molecular flexibility index (Phi) is 3.69. The van der Waals surface area contributed by atoms with Crippen molar-refractivity contribution in [1.82, 2.24) is 15.0 Å². The summed E-state index contributed by atoms with van der Waals surface area (Å²) in [6.07, 6.45) is 4.59. The minimum atomic E-state index is 0.561. The SMILES string of the molecule is NCCc1nc(CN2CCCCC2)no1. The number of nitrogens with zero attached hydrogens (tertiary/aromatic N) is 3. The molecule has 2 rings (SSSR count). The quantitative estimate of drug-likeness (QED) is 0.786. The van der Waals surface area contributed by atoms with Crippen molar-refractivity contribution in [2.45, 2.75) is 32.2 Å². The number of piperidine rings is 1. The lowest BCUT2D eigenvalue weighted by atomic mass is 10.1. The highest BCUT2D eigenvalue weighted by Crippen LogP contribution is 2.11. The van der Waals surface area contributed by atoms with E-state index in [0.29, 0.717) is 18.9 Å². The van der Waals surface area contributed by atoms with E-state index in [4.69, 9.17) is 10.3 Å². The molecule has 0 aromatic carbocycles. The molecule has 84 valence electrons. The number of hydrogen-bond acceptors (Lipinski definition) is 5. The summed E-state index contributed by atoms with van der Waals surface area (Å²) in [7, 11) is 0. The smallest absolute Gasteiger partial charge is 0.227 e. The van der Waals surface area contributed by atoms with E-state index in [0.717, 1.165) is 25.5 Å². The molecule has 5 nitrogen and oxygen atoms in total. The maximum Gasteiger partial charge on any atom is 0.227 e.